The third kappa shape index (κ3) is 3.97. The van der Waals surface area contributed by atoms with E-state index in [0.717, 1.165) is 10.6 Å². The van der Waals surface area contributed by atoms with Crippen LogP contribution in [0.5, 0.6) is 5.75 Å². The van der Waals surface area contributed by atoms with Gasteiger partial charge in [0, 0.05) is 12.1 Å². The first-order chi connectivity index (χ1) is 10.1. The van der Waals surface area contributed by atoms with Crippen molar-refractivity contribution >= 4 is 17.5 Å². The largest absolute Gasteiger partial charge is 0.488 e. The maximum absolute atomic E-state index is 12.2. The molecule has 0 radical (unpaired) electrons. The van der Waals surface area contributed by atoms with Crippen molar-refractivity contribution in [3.05, 3.63) is 64.7 Å². The molecule has 0 aliphatic rings. The first-order valence-corrected chi connectivity index (χ1v) is 6.78. The molecule has 0 spiro atoms. The van der Waals surface area contributed by atoms with Crippen molar-refractivity contribution in [2.24, 2.45) is 0 Å². The summed E-state index contributed by atoms with van der Waals surface area (Å²) < 4.78 is 5.73. The molecule has 0 aliphatic heterocycles. The minimum Gasteiger partial charge on any atom is -0.488 e. The molecule has 0 aliphatic carbocycles. The molecule has 0 fully saturated rings. The zero-order valence-electron chi connectivity index (χ0n) is 11.9. The first-order valence-electron chi connectivity index (χ1n) is 6.40. The van der Waals surface area contributed by atoms with Gasteiger partial charge in [0.25, 0.3) is 5.91 Å². The second kappa shape index (κ2) is 7.11. The lowest BCUT2D eigenvalue weighted by atomic mass is 10.2. The van der Waals surface area contributed by atoms with Crippen molar-refractivity contribution in [2.45, 2.75) is 6.61 Å². The Morgan fingerprint density at radius 1 is 1.14 bits per heavy atom. The predicted octanol–water partition coefficient (Wildman–Crippen LogP) is 3.55. The summed E-state index contributed by atoms with van der Waals surface area (Å²) in [6, 6.07) is 14.4. The first kappa shape index (κ1) is 15.4. The molecular formula is C16H16ClNO3. The molecule has 4 nitrogen and oxygen atoms in total. The number of rotatable bonds is 5. The highest BCUT2D eigenvalue weighted by atomic mass is 35.5. The molecule has 0 aromatic heterocycles. The number of carbonyl (C=O) groups excluding carboxylic acids is 1. The van der Waals surface area contributed by atoms with Gasteiger partial charge in [-0.3, -0.25) is 9.63 Å². The van der Waals surface area contributed by atoms with Crippen LogP contribution in [-0.2, 0) is 11.4 Å². The van der Waals surface area contributed by atoms with Gasteiger partial charge < -0.3 is 4.74 Å². The summed E-state index contributed by atoms with van der Waals surface area (Å²) in [5.74, 6) is 0.255. The van der Waals surface area contributed by atoms with E-state index < -0.39 is 0 Å². The third-order valence-electron chi connectivity index (χ3n) is 2.98. The summed E-state index contributed by atoms with van der Waals surface area (Å²) in [4.78, 5) is 17.1. The average molecular weight is 306 g/mol. The Morgan fingerprint density at radius 2 is 1.81 bits per heavy atom. The van der Waals surface area contributed by atoms with Crippen molar-refractivity contribution in [3.63, 3.8) is 0 Å². The Labute approximate surface area is 128 Å². The highest BCUT2D eigenvalue weighted by Crippen LogP contribution is 2.21. The number of amides is 1. The molecule has 0 saturated carbocycles. The lowest BCUT2D eigenvalue weighted by Gasteiger charge is -2.16. The highest BCUT2D eigenvalue weighted by Gasteiger charge is 2.16. The maximum atomic E-state index is 12.2. The van der Waals surface area contributed by atoms with E-state index in [2.05, 4.69) is 0 Å². The Hall–Kier alpha value is -2.04. The van der Waals surface area contributed by atoms with Crippen molar-refractivity contribution in [1.29, 1.82) is 0 Å². The zero-order chi connectivity index (χ0) is 15.2. The average Bonchev–Trinajstić information content (AvgIpc) is 2.53. The molecule has 5 heteroatoms. The van der Waals surface area contributed by atoms with Crippen LogP contribution in [0.2, 0.25) is 5.02 Å². The van der Waals surface area contributed by atoms with Crippen LogP contribution in [0.4, 0.5) is 0 Å². The van der Waals surface area contributed by atoms with Crippen LogP contribution in [0.3, 0.4) is 0 Å². The van der Waals surface area contributed by atoms with Crippen molar-refractivity contribution < 1.29 is 14.4 Å². The Kier molecular flexibility index (Phi) is 5.20. The van der Waals surface area contributed by atoms with Crippen LogP contribution in [-0.4, -0.2) is 25.1 Å². The summed E-state index contributed by atoms with van der Waals surface area (Å²) in [6.45, 7) is 0.359. The quantitative estimate of drug-likeness (QED) is 0.793. The molecule has 21 heavy (non-hydrogen) atoms. The van der Waals surface area contributed by atoms with Gasteiger partial charge in [0.05, 0.1) is 12.7 Å². The lowest BCUT2D eigenvalue weighted by molar-refractivity contribution is -0.0758. The van der Waals surface area contributed by atoms with Crippen LogP contribution >= 0.6 is 11.6 Å². The minimum atomic E-state index is -0.260. The van der Waals surface area contributed by atoms with Crippen molar-refractivity contribution in [2.75, 3.05) is 14.2 Å². The smallest absolute Gasteiger partial charge is 0.280 e. The zero-order valence-corrected chi connectivity index (χ0v) is 12.6. The normalized spacial score (nSPS) is 10.2. The summed E-state index contributed by atoms with van der Waals surface area (Å²) in [7, 11) is 2.99. The van der Waals surface area contributed by atoms with E-state index in [1.807, 2.05) is 18.2 Å². The second-order valence-corrected chi connectivity index (χ2v) is 4.83. The minimum absolute atomic E-state index is 0.260. The summed E-state index contributed by atoms with van der Waals surface area (Å²) in [6.07, 6.45) is 0. The van der Waals surface area contributed by atoms with Crippen LogP contribution in [0.15, 0.2) is 48.5 Å². The molecular weight excluding hydrogens is 290 g/mol. The summed E-state index contributed by atoms with van der Waals surface area (Å²) in [5, 5.41) is 1.83. The molecule has 2 rings (SSSR count). The van der Waals surface area contributed by atoms with Crippen LogP contribution < -0.4 is 4.74 Å². The molecule has 0 saturated heterocycles. The Morgan fingerprint density at radius 3 is 2.48 bits per heavy atom. The monoisotopic (exact) mass is 305 g/mol. The number of para-hydroxylation sites is 1. The fraction of sp³-hybridized carbons (Fsp3) is 0.188. The molecule has 0 bridgehead atoms. The van der Waals surface area contributed by atoms with E-state index in [1.165, 1.54) is 7.11 Å². The standard InChI is InChI=1S/C16H16ClNO3/c1-18(20-2)16(19)14-5-3-4-6-15(14)21-11-12-7-9-13(17)10-8-12/h3-10H,11H2,1-2H3. The topological polar surface area (TPSA) is 38.8 Å². The Balaban J connectivity index is 2.13. The van der Waals surface area contributed by atoms with Gasteiger partial charge >= 0.3 is 0 Å². The Bertz CT molecular complexity index is 613. The molecule has 0 unspecified atom stereocenters. The van der Waals surface area contributed by atoms with E-state index in [0.29, 0.717) is 22.9 Å². The van der Waals surface area contributed by atoms with Gasteiger partial charge in [-0.05, 0) is 29.8 Å². The van der Waals surface area contributed by atoms with Crippen molar-refractivity contribution in [3.8, 4) is 5.75 Å². The van der Waals surface area contributed by atoms with Crippen LogP contribution in [0.1, 0.15) is 15.9 Å². The number of nitrogens with zero attached hydrogens (tertiary/aromatic N) is 1. The maximum Gasteiger partial charge on any atom is 0.280 e. The molecule has 0 N–H and O–H groups in total. The fourth-order valence-electron chi connectivity index (χ4n) is 1.76. The van der Waals surface area contributed by atoms with Gasteiger partial charge in [0.1, 0.15) is 12.4 Å². The molecule has 0 heterocycles. The van der Waals surface area contributed by atoms with Crippen molar-refractivity contribution in [1.82, 2.24) is 5.06 Å². The number of ether oxygens (including phenoxy) is 1. The molecule has 2 aromatic rings. The van der Waals surface area contributed by atoms with Gasteiger partial charge in [-0.1, -0.05) is 35.9 Å². The summed E-state index contributed by atoms with van der Waals surface area (Å²) in [5.41, 5.74) is 1.43. The molecule has 0 atom stereocenters. The van der Waals surface area contributed by atoms with E-state index in [1.54, 1.807) is 37.4 Å². The second-order valence-electron chi connectivity index (χ2n) is 4.40. The molecule has 110 valence electrons. The number of hydrogen-bond donors (Lipinski definition) is 0. The van der Waals surface area contributed by atoms with Gasteiger partial charge in [0.15, 0.2) is 0 Å². The molecule has 2 aromatic carbocycles. The van der Waals surface area contributed by atoms with E-state index in [4.69, 9.17) is 21.2 Å². The summed E-state index contributed by atoms with van der Waals surface area (Å²) >= 11 is 5.84. The van der Waals surface area contributed by atoms with Crippen LogP contribution in [0, 0.1) is 0 Å². The van der Waals surface area contributed by atoms with E-state index in [9.17, 15) is 4.79 Å². The van der Waals surface area contributed by atoms with Crippen LogP contribution in [0.25, 0.3) is 0 Å². The van der Waals surface area contributed by atoms with Gasteiger partial charge in [0.2, 0.25) is 0 Å². The fourth-order valence-corrected chi connectivity index (χ4v) is 1.89. The number of halogens is 1. The highest BCUT2D eigenvalue weighted by molar-refractivity contribution is 6.30. The SMILES string of the molecule is CON(C)C(=O)c1ccccc1OCc1ccc(Cl)cc1. The van der Waals surface area contributed by atoms with Gasteiger partial charge in [-0.15, -0.1) is 0 Å². The number of carbonyl (C=O) groups is 1. The number of benzene rings is 2. The molecule has 1 amide bonds. The number of hydrogen-bond acceptors (Lipinski definition) is 3. The van der Waals surface area contributed by atoms with Gasteiger partial charge in [-0.25, -0.2) is 5.06 Å². The van der Waals surface area contributed by atoms with Gasteiger partial charge in [-0.2, -0.15) is 0 Å². The van der Waals surface area contributed by atoms with E-state index >= 15 is 0 Å². The predicted molar refractivity (Wildman–Crippen MR) is 81.3 cm³/mol. The number of hydroxylamine groups is 2. The lowest BCUT2D eigenvalue weighted by Crippen LogP contribution is -2.25. The third-order valence-corrected chi connectivity index (χ3v) is 3.24. The van der Waals surface area contributed by atoms with E-state index in [-0.39, 0.29) is 5.91 Å².